The van der Waals surface area contributed by atoms with Gasteiger partial charge in [0.1, 0.15) is 0 Å². The molecular weight excluding hydrogens is 238 g/mol. The van der Waals surface area contributed by atoms with Gasteiger partial charge >= 0.3 is 0 Å². The van der Waals surface area contributed by atoms with Crippen molar-refractivity contribution in [2.75, 3.05) is 18.5 Å². The van der Waals surface area contributed by atoms with Crippen LogP contribution < -0.4 is 10.1 Å². The van der Waals surface area contributed by atoms with Gasteiger partial charge in [-0.3, -0.25) is 0 Å². The third-order valence-corrected chi connectivity index (χ3v) is 2.91. The Morgan fingerprint density at radius 3 is 2.74 bits per heavy atom. The third kappa shape index (κ3) is 7.65. The molecule has 4 nitrogen and oxygen atoms in total. The maximum absolute atomic E-state index is 5.34. The molecule has 0 unspecified atom stereocenters. The smallest absolute Gasteiger partial charge is 0.225 e. The van der Waals surface area contributed by atoms with Crippen molar-refractivity contribution in [1.29, 1.82) is 0 Å². The molecule has 0 aliphatic rings. The molecule has 0 saturated carbocycles. The Morgan fingerprint density at radius 2 is 2.00 bits per heavy atom. The van der Waals surface area contributed by atoms with E-state index in [1.54, 1.807) is 12.3 Å². The first-order chi connectivity index (χ1) is 9.22. The van der Waals surface area contributed by atoms with Crippen LogP contribution in [-0.2, 0) is 0 Å². The largest absolute Gasteiger partial charge is 0.478 e. The van der Waals surface area contributed by atoms with E-state index in [1.165, 1.54) is 32.1 Å². The Labute approximate surface area is 117 Å². The Kier molecular flexibility index (Phi) is 7.94. The summed E-state index contributed by atoms with van der Waals surface area (Å²) in [5, 5.41) is 3.24. The molecule has 1 aromatic rings. The van der Waals surface area contributed by atoms with Gasteiger partial charge in [0, 0.05) is 18.8 Å². The fourth-order valence-corrected chi connectivity index (χ4v) is 1.89. The molecule has 1 aromatic heterocycles. The summed E-state index contributed by atoms with van der Waals surface area (Å²) in [6, 6.07) is 1.78. The second-order valence-corrected chi connectivity index (χ2v) is 5.18. The van der Waals surface area contributed by atoms with Crippen LogP contribution in [0.25, 0.3) is 0 Å². The highest BCUT2D eigenvalue weighted by Gasteiger charge is 1.99. The zero-order valence-electron chi connectivity index (χ0n) is 12.5. The van der Waals surface area contributed by atoms with Gasteiger partial charge in [0.2, 0.25) is 11.8 Å². The fraction of sp³-hybridized carbons (Fsp3) is 0.733. The van der Waals surface area contributed by atoms with Crippen molar-refractivity contribution in [1.82, 2.24) is 9.97 Å². The van der Waals surface area contributed by atoms with Gasteiger partial charge in [0.25, 0.3) is 0 Å². The predicted molar refractivity (Wildman–Crippen MR) is 79.6 cm³/mol. The van der Waals surface area contributed by atoms with Crippen molar-refractivity contribution in [3.05, 3.63) is 12.3 Å². The number of rotatable bonds is 10. The van der Waals surface area contributed by atoms with Gasteiger partial charge in [-0.1, -0.05) is 39.5 Å². The lowest BCUT2D eigenvalue weighted by atomic mass is 10.0. The number of hydrogen-bond donors (Lipinski definition) is 1. The number of unbranched alkanes of at least 4 members (excludes halogenated alkanes) is 3. The topological polar surface area (TPSA) is 47.0 Å². The first-order valence-corrected chi connectivity index (χ1v) is 7.42. The van der Waals surface area contributed by atoms with E-state index in [1.807, 2.05) is 6.92 Å². The maximum atomic E-state index is 5.34. The lowest BCUT2D eigenvalue weighted by Crippen LogP contribution is -2.06. The lowest BCUT2D eigenvalue weighted by molar-refractivity contribution is 0.326. The highest BCUT2D eigenvalue weighted by Crippen LogP contribution is 2.10. The van der Waals surface area contributed by atoms with E-state index in [2.05, 4.69) is 29.1 Å². The zero-order chi connectivity index (χ0) is 13.9. The summed E-state index contributed by atoms with van der Waals surface area (Å²) >= 11 is 0. The molecule has 0 saturated heterocycles. The summed E-state index contributed by atoms with van der Waals surface area (Å²) in [6.45, 7) is 8.07. The van der Waals surface area contributed by atoms with E-state index >= 15 is 0 Å². The normalized spacial score (nSPS) is 10.7. The summed E-state index contributed by atoms with van der Waals surface area (Å²) in [5.74, 6) is 2.12. The number of nitrogens with one attached hydrogen (secondary N) is 1. The Balaban J connectivity index is 2.10. The fourth-order valence-electron chi connectivity index (χ4n) is 1.89. The standard InChI is InChI=1S/C15H27N3O/c1-4-19-14-10-12-17-15(18-14)16-11-8-6-5-7-9-13(2)3/h10,12-13H,4-9,11H2,1-3H3,(H,16,17,18). The summed E-state index contributed by atoms with van der Waals surface area (Å²) in [6.07, 6.45) is 8.16. The van der Waals surface area contributed by atoms with Crippen molar-refractivity contribution < 1.29 is 4.74 Å². The first-order valence-electron chi connectivity index (χ1n) is 7.42. The minimum absolute atomic E-state index is 0.631. The van der Waals surface area contributed by atoms with Gasteiger partial charge in [-0.15, -0.1) is 0 Å². The van der Waals surface area contributed by atoms with E-state index in [0.29, 0.717) is 18.4 Å². The van der Waals surface area contributed by atoms with Crippen LogP contribution in [-0.4, -0.2) is 23.1 Å². The summed E-state index contributed by atoms with van der Waals surface area (Å²) in [4.78, 5) is 8.45. The second-order valence-electron chi connectivity index (χ2n) is 5.18. The monoisotopic (exact) mass is 265 g/mol. The van der Waals surface area contributed by atoms with Gasteiger partial charge in [0.05, 0.1) is 6.61 Å². The van der Waals surface area contributed by atoms with Crippen LogP contribution in [0.5, 0.6) is 5.88 Å². The van der Waals surface area contributed by atoms with E-state index in [0.717, 1.165) is 12.5 Å². The second kappa shape index (κ2) is 9.59. The molecule has 1 heterocycles. The van der Waals surface area contributed by atoms with Crippen LogP contribution in [0.2, 0.25) is 0 Å². The molecule has 0 bridgehead atoms. The molecule has 1 N–H and O–H groups in total. The minimum atomic E-state index is 0.631. The van der Waals surface area contributed by atoms with E-state index in [9.17, 15) is 0 Å². The number of nitrogens with zero attached hydrogens (tertiary/aromatic N) is 2. The molecule has 0 fully saturated rings. The Morgan fingerprint density at radius 1 is 1.21 bits per heavy atom. The molecule has 0 radical (unpaired) electrons. The number of ether oxygens (including phenoxy) is 1. The zero-order valence-corrected chi connectivity index (χ0v) is 12.5. The van der Waals surface area contributed by atoms with E-state index in [4.69, 9.17) is 4.74 Å². The number of anilines is 1. The van der Waals surface area contributed by atoms with E-state index < -0.39 is 0 Å². The van der Waals surface area contributed by atoms with Crippen LogP contribution in [0.1, 0.15) is 52.9 Å². The van der Waals surface area contributed by atoms with Gasteiger partial charge in [0.15, 0.2) is 0 Å². The number of hydrogen-bond acceptors (Lipinski definition) is 4. The highest BCUT2D eigenvalue weighted by atomic mass is 16.5. The Hall–Kier alpha value is -1.32. The van der Waals surface area contributed by atoms with Gasteiger partial charge in [-0.25, -0.2) is 4.98 Å². The third-order valence-electron chi connectivity index (χ3n) is 2.91. The molecule has 1 rings (SSSR count). The average molecular weight is 265 g/mol. The van der Waals surface area contributed by atoms with Crippen LogP contribution in [0, 0.1) is 5.92 Å². The molecule has 0 aliphatic carbocycles. The first kappa shape index (κ1) is 15.7. The molecule has 0 spiro atoms. The van der Waals surface area contributed by atoms with Crippen molar-refractivity contribution in [2.45, 2.75) is 52.9 Å². The van der Waals surface area contributed by atoms with Crippen molar-refractivity contribution in [3.8, 4) is 5.88 Å². The van der Waals surface area contributed by atoms with Gasteiger partial charge < -0.3 is 10.1 Å². The van der Waals surface area contributed by atoms with Crippen LogP contribution in [0.4, 0.5) is 5.95 Å². The molecule has 0 amide bonds. The van der Waals surface area contributed by atoms with Crippen LogP contribution >= 0.6 is 0 Å². The summed E-state index contributed by atoms with van der Waals surface area (Å²) in [5.41, 5.74) is 0. The van der Waals surface area contributed by atoms with Crippen LogP contribution in [0.15, 0.2) is 12.3 Å². The lowest BCUT2D eigenvalue weighted by Gasteiger charge is -2.07. The molecule has 0 atom stereocenters. The van der Waals surface area contributed by atoms with Crippen molar-refractivity contribution in [2.24, 2.45) is 5.92 Å². The minimum Gasteiger partial charge on any atom is -0.478 e. The molecule has 19 heavy (non-hydrogen) atoms. The quantitative estimate of drug-likeness (QED) is 0.652. The maximum Gasteiger partial charge on any atom is 0.225 e. The molecule has 108 valence electrons. The SMILES string of the molecule is CCOc1ccnc(NCCCCCCC(C)C)n1. The summed E-state index contributed by atoms with van der Waals surface area (Å²) < 4.78 is 5.34. The highest BCUT2D eigenvalue weighted by molar-refractivity contribution is 5.27. The molecule has 0 aliphatic heterocycles. The average Bonchev–Trinajstić information content (AvgIpc) is 2.38. The molecule has 4 heteroatoms. The van der Waals surface area contributed by atoms with Crippen molar-refractivity contribution in [3.63, 3.8) is 0 Å². The van der Waals surface area contributed by atoms with E-state index in [-0.39, 0.29) is 0 Å². The number of aromatic nitrogens is 2. The Bertz CT molecular complexity index is 342. The molecular formula is C15H27N3O. The molecule has 0 aromatic carbocycles. The van der Waals surface area contributed by atoms with Gasteiger partial charge in [-0.2, -0.15) is 4.98 Å². The van der Waals surface area contributed by atoms with Gasteiger partial charge in [-0.05, 0) is 19.3 Å². The summed E-state index contributed by atoms with van der Waals surface area (Å²) in [7, 11) is 0. The van der Waals surface area contributed by atoms with Crippen molar-refractivity contribution >= 4 is 5.95 Å². The van der Waals surface area contributed by atoms with Crippen LogP contribution in [0.3, 0.4) is 0 Å². The predicted octanol–water partition coefficient (Wildman–Crippen LogP) is 3.89.